The fourth-order valence-electron chi connectivity index (χ4n) is 2.41. The number of anilines is 1. The second-order valence-corrected chi connectivity index (χ2v) is 5.96. The van der Waals surface area contributed by atoms with Crippen LogP contribution in [0.25, 0.3) is 0 Å². The van der Waals surface area contributed by atoms with Crippen molar-refractivity contribution < 1.29 is 36.0 Å². The van der Waals surface area contributed by atoms with Gasteiger partial charge in [-0.25, -0.2) is 8.78 Å². The van der Waals surface area contributed by atoms with Crippen LogP contribution in [0.4, 0.5) is 27.6 Å². The molecule has 0 aliphatic rings. The molecule has 3 rings (SSSR count). The molecule has 2 aromatic carbocycles. The molecule has 1 amide bonds. The third-order valence-corrected chi connectivity index (χ3v) is 3.94. The Balaban J connectivity index is 1.73. The maximum absolute atomic E-state index is 13.7. The van der Waals surface area contributed by atoms with Crippen molar-refractivity contribution in [3.05, 3.63) is 76.7 Å². The molecule has 1 heterocycles. The van der Waals surface area contributed by atoms with E-state index in [-0.39, 0.29) is 35.1 Å². The number of alkyl halides is 3. The number of benzene rings is 2. The molecule has 1 N–H and O–H groups in total. The van der Waals surface area contributed by atoms with E-state index in [0.717, 1.165) is 36.4 Å². The third-order valence-electron chi connectivity index (χ3n) is 3.94. The van der Waals surface area contributed by atoms with E-state index in [2.05, 4.69) is 10.5 Å². The van der Waals surface area contributed by atoms with Gasteiger partial charge in [0, 0.05) is 11.8 Å². The van der Waals surface area contributed by atoms with E-state index >= 15 is 0 Å². The fourth-order valence-corrected chi connectivity index (χ4v) is 2.41. The van der Waals surface area contributed by atoms with Crippen LogP contribution in [0.5, 0.6) is 5.75 Å². The molecule has 1 aromatic heterocycles. The molecule has 152 valence electrons. The summed E-state index contributed by atoms with van der Waals surface area (Å²) in [5.41, 5.74) is -0.716. The van der Waals surface area contributed by atoms with Crippen molar-refractivity contribution in [3.8, 4) is 5.75 Å². The van der Waals surface area contributed by atoms with E-state index in [1.165, 1.54) is 6.92 Å². The molecular formula is C19H13F5N2O3. The minimum Gasteiger partial charge on any atom is -0.486 e. The second kappa shape index (κ2) is 7.90. The van der Waals surface area contributed by atoms with Crippen LogP contribution in [0.15, 0.2) is 47.0 Å². The minimum absolute atomic E-state index is 0.111. The van der Waals surface area contributed by atoms with Crippen LogP contribution in [0, 0.1) is 18.6 Å². The standard InChI is InChI=1S/C19H13F5N2O3/c1-10-14(9-28-16-7-4-12(20)8-15(16)21)17(26-29-10)18(27)25-13-5-2-11(3-6-13)19(22,23)24/h2-8H,9H2,1H3,(H,25,27). The van der Waals surface area contributed by atoms with Gasteiger partial charge in [0.2, 0.25) is 0 Å². The Morgan fingerprint density at radius 2 is 1.83 bits per heavy atom. The molecular weight excluding hydrogens is 399 g/mol. The van der Waals surface area contributed by atoms with Crippen LogP contribution in [0.3, 0.4) is 0 Å². The van der Waals surface area contributed by atoms with E-state index in [0.29, 0.717) is 6.07 Å². The normalized spacial score (nSPS) is 11.4. The second-order valence-electron chi connectivity index (χ2n) is 5.96. The predicted molar refractivity (Wildman–Crippen MR) is 91.3 cm³/mol. The topological polar surface area (TPSA) is 64.4 Å². The van der Waals surface area contributed by atoms with Crippen molar-refractivity contribution in [2.45, 2.75) is 19.7 Å². The van der Waals surface area contributed by atoms with Gasteiger partial charge in [-0.3, -0.25) is 4.79 Å². The lowest BCUT2D eigenvalue weighted by Crippen LogP contribution is -2.16. The van der Waals surface area contributed by atoms with E-state index in [1.54, 1.807) is 0 Å². The SMILES string of the molecule is Cc1onc(C(=O)Nc2ccc(C(F)(F)F)cc2)c1COc1ccc(F)cc1F. The molecule has 0 saturated carbocycles. The molecule has 0 radical (unpaired) electrons. The summed E-state index contributed by atoms with van der Waals surface area (Å²) in [4.78, 5) is 12.4. The molecule has 0 aliphatic heterocycles. The van der Waals surface area contributed by atoms with E-state index in [1.807, 2.05) is 0 Å². The van der Waals surface area contributed by atoms with Crippen molar-refractivity contribution in [2.24, 2.45) is 0 Å². The highest BCUT2D eigenvalue weighted by Crippen LogP contribution is 2.30. The molecule has 0 unspecified atom stereocenters. The van der Waals surface area contributed by atoms with Gasteiger partial charge in [-0.2, -0.15) is 13.2 Å². The van der Waals surface area contributed by atoms with Crippen LogP contribution in [0.1, 0.15) is 27.4 Å². The first-order chi connectivity index (χ1) is 13.6. The van der Waals surface area contributed by atoms with E-state index in [9.17, 15) is 26.7 Å². The number of hydrogen-bond acceptors (Lipinski definition) is 4. The number of carbonyl (C=O) groups is 1. The lowest BCUT2D eigenvalue weighted by atomic mass is 10.1. The summed E-state index contributed by atoms with van der Waals surface area (Å²) in [5.74, 6) is -2.45. The smallest absolute Gasteiger partial charge is 0.416 e. The molecule has 3 aromatic rings. The largest absolute Gasteiger partial charge is 0.486 e. The summed E-state index contributed by atoms with van der Waals surface area (Å²) in [6.45, 7) is 1.20. The minimum atomic E-state index is -4.49. The highest BCUT2D eigenvalue weighted by atomic mass is 19.4. The monoisotopic (exact) mass is 412 g/mol. The van der Waals surface area contributed by atoms with Crippen molar-refractivity contribution >= 4 is 11.6 Å². The number of ether oxygens (including phenoxy) is 1. The van der Waals surface area contributed by atoms with Crippen molar-refractivity contribution in [1.29, 1.82) is 0 Å². The van der Waals surface area contributed by atoms with Gasteiger partial charge < -0.3 is 14.6 Å². The predicted octanol–water partition coefficient (Wildman–Crippen LogP) is 5.11. The average Bonchev–Trinajstić information content (AvgIpc) is 3.01. The van der Waals surface area contributed by atoms with Gasteiger partial charge in [0.05, 0.1) is 11.1 Å². The summed E-state index contributed by atoms with van der Waals surface area (Å²) in [6, 6.07) is 6.59. The lowest BCUT2D eigenvalue weighted by molar-refractivity contribution is -0.137. The maximum Gasteiger partial charge on any atom is 0.416 e. The summed E-state index contributed by atoms with van der Waals surface area (Å²) in [7, 11) is 0. The number of amides is 1. The van der Waals surface area contributed by atoms with Gasteiger partial charge >= 0.3 is 6.18 Å². The van der Waals surface area contributed by atoms with Gasteiger partial charge in [0.1, 0.15) is 18.2 Å². The number of aromatic nitrogens is 1. The molecule has 0 saturated heterocycles. The molecule has 5 nitrogen and oxygen atoms in total. The molecule has 10 heteroatoms. The number of carbonyl (C=O) groups excluding carboxylic acids is 1. The van der Waals surface area contributed by atoms with Crippen molar-refractivity contribution in [1.82, 2.24) is 5.16 Å². The number of aryl methyl sites for hydroxylation is 1. The van der Waals surface area contributed by atoms with Gasteiger partial charge in [-0.05, 0) is 43.3 Å². The summed E-state index contributed by atoms with van der Waals surface area (Å²) >= 11 is 0. The van der Waals surface area contributed by atoms with Crippen LogP contribution >= 0.6 is 0 Å². The first-order valence-corrected chi connectivity index (χ1v) is 8.17. The van der Waals surface area contributed by atoms with Gasteiger partial charge in [-0.1, -0.05) is 5.16 Å². The zero-order chi connectivity index (χ0) is 21.2. The maximum atomic E-state index is 13.7. The Bertz CT molecular complexity index is 1030. The molecule has 29 heavy (non-hydrogen) atoms. The Morgan fingerprint density at radius 1 is 1.14 bits per heavy atom. The summed E-state index contributed by atoms with van der Waals surface area (Å²) < 4.78 is 74.7. The van der Waals surface area contributed by atoms with Crippen LogP contribution in [-0.4, -0.2) is 11.1 Å². The number of nitrogens with zero attached hydrogens (tertiary/aromatic N) is 1. The fraction of sp³-hybridized carbons (Fsp3) is 0.158. The van der Waals surface area contributed by atoms with Gasteiger partial charge in [0.25, 0.3) is 5.91 Å². The molecule has 0 atom stereocenters. The lowest BCUT2D eigenvalue weighted by Gasteiger charge is -2.09. The number of rotatable bonds is 5. The summed E-state index contributed by atoms with van der Waals surface area (Å²) in [5, 5.41) is 6.02. The quantitative estimate of drug-likeness (QED) is 0.592. The Labute approximate surface area is 161 Å². The third kappa shape index (κ3) is 4.71. The van der Waals surface area contributed by atoms with Gasteiger partial charge in [0.15, 0.2) is 17.3 Å². The van der Waals surface area contributed by atoms with Crippen molar-refractivity contribution in [3.63, 3.8) is 0 Å². The first-order valence-electron chi connectivity index (χ1n) is 8.17. The zero-order valence-electron chi connectivity index (χ0n) is 14.8. The van der Waals surface area contributed by atoms with E-state index < -0.39 is 29.3 Å². The molecule has 0 fully saturated rings. The zero-order valence-corrected chi connectivity index (χ0v) is 14.8. The average molecular weight is 412 g/mol. The van der Waals surface area contributed by atoms with Gasteiger partial charge in [-0.15, -0.1) is 0 Å². The number of nitrogens with one attached hydrogen (secondary N) is 1. The molecule has 0 aliphatic carbocycles. The Hall–Kier alpha value is -3.43. The van der Waals surface area contributed by atoms with Crippen LogP contribution < -0.4 is 10.1 Å². The number of hydrogen-bond donors (Lipinski definition) is 1. The number of halogens is 5. The van der Waals surface area contributed by atoms with Crippen molar-refractivity contribution in [2.75, 3.05) is 5.32 Å². The summed E-state index contributed by atoms with van der Waals surface area (Å²) in [6.07, 6.45) is -4.49. The van der Waals surface area contributed by atoms with Crippen LogP contribution in [0.2, 0.25) is 0 Å². The highest BCUT2D eigenvalue weighted by Gasteiger charge is 2.30. The van der Waals surface area contributed by atoms with E-state index in [4.69, 9.17) is 9.26 Å². The molecule has 0 spiro atoms. The first kappa shape index (κ1) is 20.3. The highest BCUT2D eigenvalue weighted by molar-refractivity contribution is 6.03. The Kier molecular flexibility index (Phi) is 5.53. The Morgan fingerprint density at radius 3 is 2.45 bits per heavy atom. The van der Waals surface area contributed by atoms with Crippen LogP contribution in [-0.2, 0) is 12.8 Å². The molecule has 0 bridgehead atoms.